The predicted octanol–water partition coefficient (Wildman–Crippen LogP) is 1.11. The molecule has 0 bridgehead atoms. The van der Waals surface area contributed by atoms with Gasteiger partial charge >= 0.3 is 5.97 Å². The summed E-state index contributed by atoms with van der Waals surface area (Å²) in [6, 6.07) is 0.285. The highest BCUT2D eigenvalue weighted by molar-refractivity contribution is 5.71. The fourth-order valence-corrected chi connectivity index (χ4v) is 2.43. The molecule has 3 heteroatoms. The molecule has 2 aliphatic rings. The molecule has 2 unspecified atom stereocenters. The quantitative estimate of drug-likeness (QED) is 0.649. The summed E-state index contributed by atoms with van der Waals surface area (Å²) >= 11 is 0. The molecule has 0 amide bonds. The van der Waals surface area contributed by atoms with E-state index in [2.05, 4.69) is 17.1 Å². The Morgan fingerprint density at radius 3 is 2.62 bits per heavy atom. The first kappa shape index (κ1) is 8.75. The maximum absolute atomic E-state index is 10.9. The normalized spacial score (nSPS) is 34.2. The van der Waals surface area contributed by atoms with Crippen molar-refractivity contribution in [1.29, 1.82) is 0 Å². The van der Waals surface area contributed by atoms with Gasteiger partial charge in [0.15, 0.2) is 0 Å². The van der Waals surface area contributed by atoms with Crippen LogP contribution in [0.25, 0.3) is 0 Å². The van der Waals surface area contributed by atoms with Crippen molar-refractivity contribution in [3.63, 3.8) is 0 Å². The van der Waals surface area contributed by atoms with Gasteiger partial charge in [-0.2, -0.15) is 0 Å². The van der Waals surface area contributed by atoms with E-state index >= 15 is 0 Å². The van der Waals surface area contributed by atoms with Gasteiger partial charge in [-0.1, -0.05) is 18.6 Å². The molecule has 1 fully saturated rings. The Balaban J connectivity index is 2.01. The molecular formula is C10H15NO2. The minimum atomic E-state index is -0.616. The predicted molar refractivity (Wildman–Crippen MR) is 49.5 cm³/mol. The van der Waals surface area contributed by atoms with E-state index in [4.69, 9.17) is 5.11 Å². The fourth-order valence-electron chi connectivity index (χ4n) is 2.43. The SMILES string of the molecule is O=C(O)C1CCCC1N1CC=CC1. The summed E-state index contributed by atoms with van der Waals surface area (Å²) in [6.07, 6.45) is 7.22. The largest absolute Gasteiger partial charge is 0.481 e. The van der Waals surface area contributed by atoms with Crippen molar-refractivity contribution < 1.29 is 9.90 Å². The lowest BCUT2D eigenvalue weighted by Gasteiger charge is -2.26. The van der Waals surface area contributed by atoms with Crippen molar-refractivity contribution >= 4 is 5.97 Å². The molecule has 0 spiro atoms. The molecule has 0 aromatic carbocycles. The monoisotopic (exact) mass is 181 g/mol. The topological polar surface area (TPSA) is 40.5 Å². The number of carboxylic acid groups (broad SMARTS) is 1. The molecule has 1 N–H and O–H groups in total. The summed E-state index contributed by atoms with van der Waals surface area (Å²) in [7, 11) is 0. The first-order chi connectivity index (χ1) is 6.29. The molecule has 1 aliphatic heterocycles. The van der Waals surface area contributed by atoms with Gasteiger partial charge in [0, 0.05) is 19.1 Å². The van der Waals surface area contributed by atoms with Crippen LogP contribution in [-0.4, -0.2) is 35.1 Å². The minimum Gasteiger partial charge on any atom is -0.481 e. The first-order valence-corrected chi connectivity index (χ1v) is 4.91. The van der Waals surface area contributed by atoms with Crippen LogP contribution in [0.3, 0.4) is 0 Å². The van der Waals surface area contributed by atoms with Crippen LogP contribution in [0.15, 0.2) is 12.2 Å². The highest BCUT2D eigenvalue weighted by Crippen LogP contribution is 2.30. The zero-order valence-corrected chi connectivity index (χ0v) is 7.65. The molecule has 2 atom stereocenters. The molecule has 1 heterocycles. The van der Waals surface area contributed by atoms with Gasteiger partial charge in [0.1, 0.15) is 0 Å². The number of nitrogens with zero attached hydrogens (tertiary/aromatic N) is 1. The summed E-state index contributed by atoms with van der Waals surface area (Å²) in [5, 5.41) is 9.00. The Bertz CT molecular complexity index is 229. The third kappa shape index (κ3) is 1.61. The molecule has 0 aromatic rings. The number of rotatable bonds is 2. The van der Waals surface area contributed by atoms with E-state index in [9.17, 15) is 4.79 Å². The van der Waals surface area contributed by atoms with E-state index in [1.165, 1.54) is 0 Å². The lowest BCUT2D eigenvalue weighted by molar-refractivity contribution is -0.143. The van der Waals surface area contributed by atoms with Gasteiger partial charge in [0.05, 0.1) is 5.92 Å². The zero-order valence-electron chi connectivity index (χ0n) is 7.65. The molecule has 1 saturated carbocycles. The molecular weight excluding hydrogens is 166 g/mol. The molecule has 1 aliphatic carbocycles. The third-order valence-corrected chi connectivity index (χ3v) is 3.11. The Kier molecular flexibility index (Phi) is 2.36. The molecule has 72 valence electrons. The number of carbonyl (C=O) groups is 1. The molecule has 2 rings (SSSR count). The second-order valence-corrected chi connectivity index (χ2v) is 3.87. The van der Waals surface area contributed by atoms with Crippen molar-refractivity contribution in [1.82, 2.24) is 4.90 Å². The van der Waals surface area contributed by atoms with Crippen molar-refractivity contribution in [2.24, 2.45) is 5.92 Å². The van der Waals surface area contributed by atoms with Crippen molar-refractivity contribution in [3.8, 4) is 0 Å². The van der Waals surface area contributed by atoms with Crippen LogP contribution in [0.2, 0.25) is 0 Å². The van der Waals surface area contributed by atoms with Crippen LogP contribution in [0.1, 0.15) is 19.3 Å². The summed E-state index contributed by atoms with van der Waals surface area (Å²) in [6.45, 7) is 1.88. The second-order valence-electron chi connectivity index (χ2n) is 3.87. The Morgan fingerprint density at radius 1 is 1.31 bits per heavy atom. The standard InChI is InChI=1S/C10H15NO2/c12-10(13)8-4-3-5-9(8)11-6-1-2-7-11/h1-2,8-9H,3-7H2,(H,12,13). The van der Waals surface area contributed by atoms with E-state index in [0.29, 0.717) is 0 Å². The first-order valence-electron chi connectivity index (χ1n) is 4.91. The van der Waals surface area contributed by atoms with E-state index in [1.807, 2.05) is 0 Å². The maximum atomic E-state index is 10.9. The van der Waals surface area contributed by atoms with Crippen molar-refractivity contribution in [2.45, 2.75) is 25.3 Å². The smallest absolute Gasteiger partial charge is 0.308 e. The number of carboxylic acids is 1. The Morgan fingerprint density at radius 2 is 2.00 bits per heavy atom. The molecule has 0 aromatic heterocycles. The van der Waals surface area contributed by atoms with Gasteiger partial charge in [0.2, 0.25) is 0 Å². The number of hydrogen-bond donors (Lipinski definition) is 1. The van der Waals surface area contributed by atoms with Crippen LogP contribution >= 0.6 is 0 Å². The maximum Gasteiger partial charge on any atom is 0.308 e. The lowest BCUT2D eigenvalue weighted by Crippen LogP contribution is -2.38. The highest BCUT2D eigenvalue weighted by Gasteiger charge is 2.36. The van der Waals surface area contributed by atoms with E-state index in [0.717, 1.165) is 32.4 Å². The number of aliphatic carboxylic acids is 1. The van der Waals surface area contributed by atoms with Gasteiger partial charge in [-0.15, -0.1) is 0 Å². The van der Waals surface area contributed by atoms with Gasteiger partial charge < -0.3 is 5.11 Å². The van der Waals surface area contributed by atoms with Crippen molar-refractivity contribution in [2.75, 3.05) is 13.1 Å². The summed E-state index contributed by atoms with van der Waals surface area (Å²) < 4.78 is 0. The van der Waals surface area contributed by atoms with Gasteiger partial charge in [-0.05, 0) is 12.8 Å². The van der Waals surface area contributed by atoms with Gasteiger partial charge in [0.25, 0.3) is 0 Å². The average molecular weight is 181 g/mol. The summed E-state index contributed by atoms with van der Waals surface area (Å²) in [5.41, 5.74) is 0. The highest BCUT2D eigenvalue weighted by atomic mass is 16.4. The Labute approximate surface area is 78.0 Å². The lowest BCUT2D eigenvalue weighted by atomic mass is 10.0. The fraction of sp³-hybridized carbons (Fsp3) is 0.700. The van der Waals surface area contributed by atoms with Crippen molar-refractivity contribution in [3.05, 3.63) is 12.2 Å². The van der Waals surface area contributed by atoms with Gasteiger partial charge in [-0.25, -0.2) is 0 Å². The van der Waals surface area contributed by atoms with Gasteiger partial charge in [-0.3, -0.25) is 9.69 Å². The zero-order chi connectivity index (χ0) is 9.26. The van der Waals surface area contributed by atoms with E-state index in [1.54, 1.807) is 0 Å². The van der Waals surface area contributed by atoms with Crippen LogP contribution in [0, 0.1) is 5.92 Å². The molecule has 3 nitrogen and oxygen atoms in total. The van der Waals surface area contributed by atoms with Crippen LogP contribution in [0.4, 0.5) is 0 Å². The Hall–Kier alpha value is -0.830. The average Bonchev–Trinajstić information content (AvgIpc) is 2.74. The third-order valence-electron chi connectivity index (χ3n) is 3.11. The molecule has 0 saturated heterocycles. The van der Waals surface area contributed by atoms with Crippen LogP contribution < -0.4 is 0 Å². The van der Waals surface area contributed by atoms with E-state index < -0.39 is 5.97 Å². The van der Waals surface area contributed by atoms with Crippen LogP contribution in [0.5, 0.6) is 0 Å². The second kappa shape index (κ2) is 3.50. The van der Waals surface area contributed by atoms with Crippen LogP contribution in [-0.2, 0) is 4.79 Å². The molecule has 0 radical (unpaired) electrons. The summed E-state index contributed by atoms with van der Waals surface area (Å²) in [4.78, 5) is 13.2. The summed E-state index contributed by atoms with van der Waals surface area (Å²) in [5.74, 6) is -0.741. The van der Waals surface area contributed by atoms with E-state index in [-0.39, 0.29) is 12.0 Å². The number of hydrogen-bond acceptors (Lipinski definition) is 2. The molecule has 13 heavy (non-hydrogen) atoms. The minimum absolute atomic E-state index is 0.125.